The summed E-state index contributed by atoms with van der Waals surface area (Å²) in [6.07, 6.45) is 1.51. The number of benzene rings is 1. The molecular weight excluding hydrogens is 463 g/mol. The SMILES string of the molecule is CC(C)(C(=O)NCc1cc(F)c(C2CCC(=O)NC2=O)c(Cl)c1)c1ccc(OC(F)F)nc1. The molecule has 1 unspecified atom stereocenters. The first-order valence-corrected chi connectivity index (χ1v) is 10.4. The van der Waals surface area contributed by atoms with Crippen LogP contribution in [0.3, 0.4) is 0 Å². The molecule has 1 aromatic heterocycles. The van der Waals surface area contributed by atoms with Crippen LogP contribution >= 0.6 is 11.6 Å². The predicted octanol–water partition coefficient (Wildman–Crippen LogP) is 3.59. The molecule has 1 aliphatic heterocycles. The minimum atomic E-state index is -3.01. The summed E-state index contributed by atoms with van der Waals surface area (Å²) in [4.78, 5) is 39.9. The van der Waals surface area contributed by atoms with Crippen molar-refractivity contribution in [3.63, 3.8) is 0 Å². The molecule has 3 amide bonds. The van der Waals surface area contributed by atoms with E-state index in [-0.39, 0.29) is 35.9 Å². The molecule has 0 saturated carbocycles. The van der Waals surface area contributed by atoms with Crippen molar-refractivity contribution in [1.82, 2.24) is 15.6 Å². The Labute approximate surface area is 192 Å². The highest BCUT2D eigenvalue weighted by Gasteiger charge is 2.33. The van der Waals surface area contributed by atoms with Crippen molar-refractivity contribution < 1.29 is 32.3 Å². The summed E-state index contributed by atoms with van der Waals surface area (Å²) < 4.78 is 43.5. The smallest absolute Gasteiger partial charge is 0.388 e. The number of pyridine rings is 1. The molecule has 1 atom stereocenters. The van der Waals surface area contributed by atoms with Crippen molar-refractivity contribution in [3.05, 3.63) is 58.0 Å². The van der Waals surface area contributed by atoms with Crippen molar-refractivity contribution >= 4 is 29.3 Å². The third-order valence-corrected chi connectivity index (χ3v) is 5.73. The molecule has 0 radical (unpaired) electrons. The molecule has 0 bridgehead atoms. The summed E-state index contributed by atoms with van der Waals surface area (Å²) >= 11 is 6.23. The maximum absolute atomic E-state index is 14.8. The average molecular weight is 484 g/mol. The van der Waals surface area contributed by atoms with Gasteiger partial charge < -0.3 is 10.1 Å². The monoisotopic (exact) mass is 483 g/mol. The second kappa shape index (κ2) is 9.78. The van der Waals surface area contributed by atoms with Gasteiger partial charge in [-0.3, -0.25) is 19.7 Å². The fourth-order valence-corrected chi connectivity index (χ4v) is 3.85. The number of hydrogen-bond donors (Lipinski definition) is 2. The Kier molecular flexibility index (Phi) is 7.26. The van der Waals surface area contributed by atoms with E-state index in [9.17, 15) is 27.6 Å². The lowest BCUT2D eigenvalue weighted by Gasteiger charge is -2.25. The lowest BCUT2D eigenvalue weighted by atomic mass is 9.84. The van der Waals surface area contributed by atoms with E-state index in [0.717, 1.165) is 0 Å². The van der Waals surface area contributed by atoms with Crippen molar-refractivity contribution in [2.75, 3.05) is 0 Å². The van der Waals surface area contributed by atoms with Gasteiger partial charge in [-0.15, -0.1) is 0 Å². The standard InChI is InChI=1S/C22H21ClF3N3O4/c1-22(2,12-3-6-17(27-10-12)33-21(25)26)20(32)28-9-11-7-14(23)18(15(24)8-11)13-4-5-16(30)29-19(13)31/h3,6-8,10,13,21H,4-5,9H2,1-2H3,(H,28,32)(H,29,30,31). The zero-order valence-corrected chi connectivity index (χ0v) is 18.5. The van der Waals surface area contributed by atoms with Crippen LogP contribution in [0.25, 0.3) is 0 Å². The van der Waals surface area contributed by atoms with E-state index in [1.807, 2.05) is 0 Å². The Morgan fingerprint density at radius 1 is 1.33 bits per heavy atom. The Morgan fingerprint density at radius 2 is 2.06 bits per heavy atom. The zero-order valence-electron chi connectivity index (χ0n) is 17.8. The van der Waals surface area contributed by atoms with Crippen LogP contribution in [-0.2, 0) is 26.3 Å². The number of aromatic nitrogens is 1. The molecule has 2 N–H and O–H groups in total. The van der Waals surface area contributed by atoms with Crippen LogP contribution in [0.2, 0.25) is 5.02 Å². The minimum Gasteiger partial charge on any atom is -0.417 e. The van der Waals surface area contributed by atoms with Gasteiger partial charge in [0.05, 0.1) is 11.3 Å². The Hall–Kier alpha value is -3.14. The molecule has 1 aromatic carbocycles. The number of rotatable bonds is 7. The van der Waals surface area contributed by atoms with Crippen LogP contribution in [-0.4, -0.2) is 29.3 Å². The van der Waals surface area contributed by atoms with Gasteiger partial charge in [-0.1, -0.05) is 17.7 Å². The normalized spacial score (nSPS) is 16.5. The zero-order chi connectivity index (χ0) is 24.3. The van der Waals surface area contributed by atoms with Crippen LogP contribution in [0.1, 0.15) is 49.3 Å². The van der Waals surface area contributed by atoms with Gasteiger partial charge >= 0.3 is 6.61 Å². The molecule has 1 saturated heterocycles. The second-order valence-corrected chi connectivity index (χ2v) is 8.46. The maximum atomic E-state index is 14.8. The molecule has 0 spiro atoms. The van der Waals surface area contributed by atoms with Crippen molar-refractivity contribution in [1.29, 1.82) is 0 Å². The molecule has 1 fully saturated rings. The number of ether oxygens (including phenoxy) is 1. The van der Waals surface area contributed by atoms with Crippen LogP contribution < -0.4 is 15.4 Å². The van der Waals surface area contributed by atoms with Gasteiger partial charge in [-0.25, -0.2) is 9.37 Å². The number of halogens is 4. The van der Waals surface area contributed by atoms with Gasteiger partial charge in [-0.05, 0) is 43.5 Å². The number of imide groups is 1. The average Bonchev–Trinajstić information content (AvgIpc) is 2.73. The van der Waals surface area contributed by atoms with E-state index in [4.69, 9.17) is 11.6 Å². The molecule has 11 heteroatoms. The van der Waals surface area contributed by atoms with Gasteiger partial charge in [-0.2, -0.15) is 8.78 Å². The minimum absolute atomic E-state index is 0.00857. The van der Waals surface area contributed by atoms with Crippen LogP contribution in [0.4, 0.5) is 13.2 Å². The number of nitrogens with one attached hydrogen (secondary N) is 2. The Morgan fingerprint density at radius 3 is 2.64 bits per heavy atom. The first-order chi connectivity index (χ1) is 15.5. The summed E-state index contributed by atoms with van der Waals surface area (Å²) in [7, 11) is 0. The highest BCUT2D eigenvalue weighted by Crippen LogP contribution is 2.33. The van der Waals surface area contributed by atoms with Gasteiger partial charge in [0.15, 0.2) is 0 Å². The highest BCUT2D eigenvalue weighted by atomic mass is 35.5. The van der Waals surface area contributed by atoms with E-state index in [2.05, 4.69) is 20.4 Å². The largest absolute Gasteiger partial charge is 0.417 e. The molecule has 0 aliphatic carbocycles. The number of alkyl halides is 2. The van der Waals surface area contributed by atoms with E-state index >= 15 is 0 Å². The number of carbonyl (C=O) groups excluding carboxylic acids is 3. The van der Waals surface area contributed by atoms with Gasteiger partial charge in [0.25, 0.3) is 0 Å². The molecule has 3 rings (SSSR count). The fourth-order valence-electron chi connectivity index (χ4n) is 3.49. The summed E-state index contributed by atoms with van der Waals surface area (Å²) in [5.74, 6) is -3.29. The molecular formula is C22H21ClF3N3O4. The third-order valence-electron chi connectivity index (χ3n) is 5.42. The maximum Gasteiger partial charge on any atom is 0.388 e. The Balaban J connectivity index is 1.69. The van der Waals surface area contributed by atoms with Crippen molar-refractivity contribution in [3.8, 4) is 5.88 Å². The molecule has 176 valence electrons. The molecule has 33 heavy (non-hydrogen) atoms. The van der Waals surface area contributed by atoms with Gasteiger partial charge in [0.1, 0.15) is 5.82 Å². The summed E-state index contributed by atoms with van der Waals surface area (Å²) in [5.41, 5.74) is -0.240. The molecule has 1 aliphatic rings. The van der Waals surface area contributed by atoms with Crippen LogP contribution in [0, 0.1) is 5.82 Å². The van der Waals surface area contributed by atoms with E-state index in [1.54, 1.807) is 13.8 Å². The quantitative estimate of drug-likeness (QED) is 0.587. The van der Waals surface area contributed by atoms with Crippen molar-refractivity contribution in [2.24, 2.45) is 0 Å². The second-order valence-electron chi connectivity index (χ2n) is 8.05. The molecule has 7 nitrogen and oxygen atoms in total. The lowest BCUT2D eigenvalue weighted by molar-refractivity contribution is -0.134. The molecule has 2 aromatic rings. The van der Waals surface area contributed by atoms with Crippen LogP contribution in [0.15, 0.2) is 30.5 Å². The van der Waals surface area contributed by atoms with Crippen molar-refractivity contribution in [2.45, 2.75) is 51.2 Å². The first-order valence-electron chi connectivity index (χ1n) is 10.00. The van der Waals surface area contributed by atoms with E-state index in [1.165, 1.54) is 30.5 Å². The number of carbonyl (C=O) groups is 3. The summed E-state index contributed by atoms with van der Waals surface area (Å²) in [6, 6.07) is 5.32. The lowest BCUT2D eigenvalue weighted by Crippen LogP contribution is -2.40. The van der Waals surface area contributed by atoms with Gasteiger partial charge in [0, 0.05) is 35.8 Å². The third kappa shape index (κ3) is 5.62. The topological polar surface area (TPSA) is 97.4 Å². The Bertz CT molecular complexity index is 1050. The van der Waals surface area contributed by atoms with Crippen LogP contribution in [0.5, 0.6) is 5.88 Å². The summed E-state index contributed by atoms with van der Waals surface area (Å²) in [6.45, 7) is 0.182. The predicted molar refractivity (Wildman–Crippen MR) is 112 cm³/mol. The summed E-state index contributed by atoms with van der Waals surface area (Å²) in [5, 5.41) is 4.88. The molecule has 2 heterocycles. The highest BCUT2D eigenvalue weighted by molar-refractivity contribution is 6.31. The number of hydrogen-bond acceptors (Lipinski definition) is 5. The van der Waals surface area contributed by atoms with E-state index in [0.29, 0.717) is 11.1 Å². The first kappa shape index (κ1) is 24.5. The fraction of sp³-hybridized carbons (Fsp3) is 0.364. The number of piperidine rings is 1. The number of nitrogens with zero attached hydrogens (tertiary/aromatic N) is 1. The number of amides is 3. The van der Waals surface area contributed by atoms with E-state index < -0.39 is 41.5 Å². The van der Waals surface area contributed by atoms with Gasteiger partial charge in [0.2, 0.25) is 23.6 Å².